The van der Waals surface area contributed by atoms with Crippen LogP contribution in [0.5, 0.6) is 0 Å². The lowest BCUT2D eigenvalue weighted by Crippen LogP contribution is -2.42. The fraction of sp³-hybridized carbons (Fsp3) is 0.467. The van der Waals surface area contributed by atoms with Crippen molar-refractivity contribution in [1.82, 2.24) is 4.90 Å². The maximum absolute atomic E-state index is 12.3. The van der Waals surface area contributed by atoms with E-state index in [1.165, 1.54) is 4.90 Å². The SMILES string of the molecule is COC1CCC(N2C(=O)c3ccccc3C2=O)CC1. The van der Waals surface area contributed by atoms with E-state index >= 15 is 0 Å². The number of carbonyl (C=O) groups excluding carboxylic acids is 2. The van der Waals surface area contributed by atoms with Crippen molar-refractivity contribution >= 4 is 11.8 Å². The predicted molar refractivity (Wildman–Crippen MR) is 70.0 cm³/mol. The summed E-state index contributed by atoms with van der Waals surface area (Å²) in [6.07, 6.45) is 3.77. The van der Waals surface area contributed by atoms with E-state index in [2.05, 4.69) is 0 Å². The molecular weight excluding hydrogens is 242 g/mol. The average molecular weight is 259 g/mol. The first-order valence-electron chi connectivity index (χ1n) is 6.72. The van der Waals surface area contributed by atoms with E-state index in [1.807, 2.05) is 0 Å². The van der Waals surface area contributed by atoms with E-state index < -0.39 is 0 Å². The zero-order valence-corrected chi connectivity index (χ0v) is 11.0. The second-order valence-corrected chi connectivity index (χ2v) is 5.19. The topological polar surface area (TPSA) is 46.6 Å². The summed E-state index contributed by atoms with van der Waals surface area (Å²) in [6, 6.07) is 7.09. The van der Waals surface area contributed by atoms with Crippen LogP contribution in [-0.2, 0) is 4.74 Å². The fourth-order valence-corrected chi connectivity index (χ4v) is 3.08. The van der Waals surface area contributed by atoms with Gasteiger partial charge in [0.2, 0.25) is 0 Å². The Morgan fingerprint density at radius 3 is 2.00 bits per heavy atom. The van der Waals surface area contributed by atoms with Gasteiger partial charge in [-0.25, -0.2) is 0 Å². The van der Waals surface area contributed by atoms with Crippen molar-refractivity contribution in [2.75, 3.05) is 7.11 Å². The van der Waals surface area contributed by atoms with Crippen LogP contribution in [0.1, 0.15) is 46.4 Å². The third kappa shape index (κ3) is 1.96. The molecule has 100 valence electrons. The Bertz CT molecular complexity index is 483. The van der Waals surface area contributed by atoms with Crippen molar-refractivity contribution < 1.29 is 14.3 Å². The van der Waals surface area contributed by atoms with E-state index in [4.69, 9.17) is 4.74 Å². The van der Waals surface area contributed by atoms with Gasteiger partial charge in [0.1, 0.15) is 0 Å². The first-order valence-corrected chi connectivity index (χ1v) is 6.72. The number of amides is 2. The summed E-state index contributed by atoms with van der Waals surface area (Å²) in [4.78, 5) is 26.1. The zero-order chi connectivity index (χ0) is 13.4. The lowest BCUT2D eigenvalue weighted by atomic mass is 9.92. The molecule has 0 saturated heterocycles. The van der Waals surface area contributed by atoms with Gasteiger partial charge in [-0.1, -0.05) is 12.1 Å². The van der Waals surface area contributed by atoms with Gasteiger partial charge in [0, 0.05) is 13.2 Å². The normalized spacial score (nSPS) is 26.7. The Morgan fingerprint density at radius 2 is 1.53 bits per heavy atom. The van der Waals surface area contributed by atoms with Crippen molar-refractivity contribution in [3.05, 3.63) is 35.4 Å². The molecule has 1 saturated carbocycles. The molecule has 0 radical (unpaired) electrons. The minimum Gasteiger partial charge on any atom is -0.381 e. The van der Waals surface area contributed by atoms with Gasteiger partial charge < -0.3 is 4.74 Å². The Labute approximate surface area is 112 Å². The number of hydrogen-bond acceptors (Lipinski definition) is 3. The number of rotatable bonds is 2. The Balaban J connectivity index is 1.81. The van der Waals surface area contributed by atoms with Gasteiger partial charge in [0.25, 0.3) is 11.8 Å². The number of carbonyl (C=O) groups is 2. The molecule has 3 rings (SSSR count). The highest BCUT2D eigenvalue weighted by molar-refractivity contribution is 6.21. The molecule has 0 N–H and O–H groups in total. The molecule has 1 aromatic rings. The molecule has 0 atom stereocenters. The minimum absolute atomic E-state index is 0.0267. The maximum atomic E-state index is 12.3. The molecular formula is C15H17NO3. The Morgan fingerprint density at radius 1 is 1.00 bits per heavy atom. The largest absolute Gasteiger partial charge is 0.381 e. The zero-order valence-electron chi connectivity index (χ0n) is 11.0. The monoisotopic (exact) mass is 259 g/mol. The van der Waals surface area contributed by atoms with Crippen LogP contribution < -0.4 is 0 Å². The lowest BCUT2D eigenvalue weighted by molar-refractivity contribution is 0.0325. The smallest absolute Gasteiger partial charge is 0.261 e. The second-order valence-electron chi connectivity index (χ2n) is 5.19. The summed E-state index contributed by atoms with van der Waals surface area (Å²) in [5.74, 6) is -0.275. The molecule has 1 aromatic carbocycles. The first kappa shape index (κ1) is 12.4. The Hall–Kier alpha value is -1.68. The van der Waals surface area contributed by atoms with Crippen molar-refractivity contribution in [1.29, 1.82) is 0 Å². The van der Waals surface area contributed by atoms with E-state index in [0.29, 0.717) is 11.1 Å². The molecule has 1 aliphatic carbocycles. The highest BCUT2D eigenvalue weighted by Gasteiger charge is 2.40. The summed E-state index contributed by atoms with van der Waals surface area (Å²) < 4.78 is 5.33. The van der Waals surface area contributed by atoms with Crippen LogP contribution >= 0.6 is 0 Å². The molecule has 2 amide bonds. The molecule has 0 spiro atoms. The van der Waals surface area contributed by atoms with E-state index in [1.54, 1.807) is 31.4 Å². The van der Waals surface area contributed by atoms with Gasteiger partial charge in [0.05, 0.1) is 17.2 Å². The Kier molecular flexibility index (Phi) is 3.11. The van der Waals surface area contributed by atoms with Crippen molar-refractivity contribution in [2.24, 2.45) is 0 Å². The van der Waals surface area contributed by atoms with Crippen LogP contribution in [0.15, 0.2) is 24.3 Å². The highest BCUT2D eigenvalue weighted by Crippen LogP contribution is 2.31. The molecule has 19 heavy (non-hydrogen) atoms. The number of hydrogen-bond donors (Lipinski definition) is 0. The van der Waals surface area contributed by atoms with E-state index in [0.717, 1.165) is 25.7 Å². The number of nitrogens with zero attached hydrogens (tertiary/aromatic N) is 1. The lowest BCUT2D eigenvalue weighted by Gasteiger charge is -2.32. The van der Waals surface area contributed by atoms with Crippen molar-refractivity contribution in [3.63, 3.8) is 0 Å². The van der Waals surface area contributed by atoms with Crippen LogP contribution in [0, 0.1) is 0 Å². The number of fused-ring (bicyclic) bond motifs is 1. The second kappa shape index (κ2) is 4.78. The maximum Gasteiger partial charge on any atom is 0.261 e. The molecule has 0 aromatic heterocycles. The van der Waals surface area contributed by atoms with Crippen molar-refractivity contribution in [3.8, 4) is 0 Å². The third-order valence-corrected chi connectivity index (χ3v) is 4.17. The third-order valence-electron chi connectivity index (χ3n) is 4.17. The molecule has 0 unspecified atom stereocenters. The van der Waals surface area contributed by atoms with Crippen LogP contribution in [0.3, 0.4) is 0 Å². The van der Waals surface area contributed by atoms with Gasteiger partial charge in [-0.15, -0.1) is 0 Å². The van der Waals surface area contributed by atoms with E-state index in [-0.39, 0.29) is 24.0 Å². The van der Waals surface area contributed by atoms with Gasteiger partial charge in [-0.2, -0.15) is 0 Å². The summed E-state index contributed by atoms with van der Waals surface area (Å²) >= 11 is 0. The van der Waals surface area contributed by atoms with E-state index in [9.17, 15) is 9.59 Å². The van der Waals surface area contributed by atoms with Gasteiger partial charge in [-0.3, -0.25) is 14.5 Å². The van der Waals surface area contributed by atoms with Crippen LogP contribution in [0.25, 0.3) is 0 Å². The van der Waals surface area contributed by atoms with Gasteiger partial charge in [-0.05, 0) is 37.8 Å². The first-order chi connectivity index (χ1) is 9.22. The number of benzene rings is 1. The van der Waals surface area contributed by atoms with Crippen LogP contribution in [0.2, 0.25) is 0 Å². The molecule has 1 aliphatic heterocycles. The highest BCUT2D eigenvalue weighted by atomic mass is 16.5. The standard InChI is InChI=1S/C15H17NO3/c1-19-11-8-6-10(7-9-11)16-14(17)12-4-2-3-5-13(12)15(16)18/h2-5,10-11H,6-9H2,1H3. The van der Waals surface area contributed by atoms with Crippen LogP contribution in [-0.4, -0.2) is 36.0 Å². The van der Waals surface area contributed by atoms with Crippen LogP contribution in [0.4, 0.5) is 0 Å². The quantitative estimate of drug-likeness (QED) is 0.765. The fourth-order valence-electron chi connectivity index (χ4n) is 3.08. The van der Waals surface area contributed by atoms with Gasteiger partial charge in [0.15, 0.2) is 0 Å². The summed E-state index contributed by atoms with van der Waals surface area (Å²) in [7, 11) is 1.72. The number of methoxy groups -OCH3 is 1. The molecule has 4 heteroatoms. The molecule has 1 heterocycles. The molecule has 0 bridgehead atoms. The summed E-state index contributed by atoms with van der Waals surface area (Å²) in [6.45, 7) is 0. The number of ether oxygens (including phenoxy) is 1. The van der Waals surface area contributed by atoms with Crippen molar-refractivity contribution in [2.45, 2.75) is 37.8 Å². The number of imide groups is 1. The minimum atomic E-state index is -0.138. The molecule has 2 aliphatic rings. The average Bonchev–Trinajstić information content (AvgIpc) is 2.72. The molecule has 4 nitrogen and oxygen atoms in total. The summed E-state index contributed by atoms with van der Waals surface area (Å²) in [5.41, 5.74) is 1.09. The summed E-state index contributed by atoms with van der Waals surface area (Å²) in [5, 5.41) is 0. The molecule has 1 fully saturated rings. The van der Waals surface area contributed by atoms with Gasteiger partial charge >= 0.3 is 0 Å². The predicted octanol–water partition coefficient (Wildman–Crippen LogP) is 2.24.